The standard InChI is InChI=1S/C15H12OS/c1-9-3-4-13-12(6-9)15-11(8-16)5-10(2)7-14(15)17-13/h3-8H,1-2H3. The SMILES string of the molecule is Cc1cc(C=O)c2c(c1)sc1ccc(C)cc12. The third-order valence-electron chi connectivity index (χ3n) is 3.03. The van der Waals surface area contributed by atoms with E-state index in [1.165, 1.54) is 20.3 Å². The van der Waals surface area contributed by atoms with E-state index >= 15 is 0 Å². The average Bonchev–Trinajstić information content (AvgIpc) is 2.65. The fourth-order valence-corrected chi connectivity index (χ4v) is 3.51. The van der Waals surface area contributed by atoms with Crippen LogP contribution in [0.15, 0.2) is 30.3 Å². The summed E-state index contributed by atoms with van der Waals surface area (Å²) in [6.45, 7) is 4.11. The highest BCUT2D eigenvalue weighted by Gasteiger charge is 2.09. The second-order valence-corrected chi connectivity index (χ2v) is 5.53. The summed E-state index contributed by atoms with van der Waals surface area (Å²) in [7, 11) is 0. The summed E-state index contributed by atoms with van der Waals surface area (Å²) in [5, 5.41) is 2.31. The molecular formula is C15H12OS. The summed E-state index contributed by atoms with van der Waals surface area (Å²) in [6, 6.07) is 10.5. The summed E-state index contributed by atoms with van der Waals surface area (Å²) in [6.07, 6.45) is 0.962. The van der Waals surface area contributed by atoms with Gasteiger partial charge in [0.05, 0.1) is 0 Å². The number of carbonyl (C=O) groups is 1. The molecule has 0 unspecified atom stereocenters. The molecule has 0 saturated heterocycles. The van der Waals surface area contributed by atoms with Crippen LogP contribution in [0.2, 0.25) is 0 Å². The van der Waals surface area contributed by atoms with Gasteiger partial charge in [-0.05, 0) is 43.7 Å². The van der Waals surface area contributed by atoms with Crippen LogP contribution in [0.25, 0.3) is 20.2 Å². The Labute approximate surface area is 104 Å². The molecule has 0 aliphatic carbocycles. The van der Waals surface area contributed by atoms with Crippen LogP contribution in [0.1, 0.15) is 21.5 Å². The zero-order valence-corrected chi connectivity index (χ0v) is 10.6. The Bertz CT molecular complexity index is 737. The maximum atomic E-state index is 11.2. The number of benzene rings is 2. The van der Waals surface area contributed by atoms with Crippen LogP contribution in [0.5, 0.6) is 0 Å². The number of thiophene rings is 1. The predicted octanol–water partition coefficient (Wildman–Crippen LogP) is 4.48. The Morgan fingerprint density at radius 3 is 2.59 bits per heavy atom. The minimum atomic E-state index is 0.803. The number of aldehydes is 1. The van der Waals surface area contributed by atoms with E-state index in [1.807, 2.05) is 13.0 Å². The first-order valence-electron chi connectivity index (χ1n) is 5.58. The van der Waals surface area contributed by atoms with Crippen LogP contribution < -0.4 is 0 Å². The second-order valence-electron chi connectivity index (χ2n) is 4.45. The van der Waals surface area contributed by atoms with E-state index in [0.29, 0.717) is 0 Å². The molecule has 1 nitrogen and oxygen atoms in total. The Kier molecular flexibility index (Phi) is 2.26. The van der Waals surface area contributed by atoms with Gasteiger partial charge in [0.2, 0.25) is 0 Å². The van der Waals surface area contributed by atoms with Crippen molar-refractivity contribution in [1.29, 1.82) is 0 Å². The third kappa shape index (κ3) is 1.56. The van der Waals surface area contributed by atoms with Gasteiger partial charge >= 0.3 is 0 Å². The Hall–Kier alpha value is -1.67. The van der Waals surface area contributed by atoms with Crippen molar-refractivity contribution in [3.05, 3.63) is 47.0 Å². The van der Waals surface area contributed by atoms with Crippen molar-refractivity contribution >= 4 is 37.8 Å². The summed E-state index contributed by atoms with van der Waals surface area (Å²) in [5.41, 5.74) is 3.18. The quantitative estimate of drug-likeness (QED) is 0.573. The van der Waals surface area contributed by atoms with Gasteiger partial charge in [-0.3, -0.25) is 4.79 Å². The highest BCUT2D eigenvalue weighted by Crippen LogP contribution is 2.36. The van der Waals surface area contributed by atoms with E-state index in [2.05, 4.69) is 31.2 Å². The molecule has 1 heterocycles. The van der Waals surface area contributed by atoms with Gasteiger partial charge in [-0.2, -0.15) is 0 Å². The van der Waals surface area contributed by atoms with Crippen molar-refractivity contribution in [1.82, 2.24) is 0 Å². The number of hydrogen-bond acceptors (Lipinski definition) is 2. The van der Waals surface area contributed by atoms with E-state index < -0.39 is 0 Å². The first kappa shape index (κ1) is 10.5. The van der Waals surface area contributed by atoms with Crippen LogP contribution in [0.4, 0.5) is 0 Å². The van der Waals surface area contributed by atoms with Crippen molar-refractivity contribution in [2.45, 2.75) is 13.8 Å². The maximum Gasteiger partial charge on any atom is 0.150 e. The normalized spacial score (nSPS) is 11.2. The van der Waals surface area contributed by atoms with Crippen LogP contribution in [-0.4, -0.2) is 6.29 Å². The smallest absolute Gasteiger partial charge is 0.150 e. The fourth-order valence-electron chi connectivity index (χ4n) is 2.29. The first-order valence-corrected chi connectivity index (χ1v) is 6.39. The first-order chi connectivity index (χ1) is 8.19. The molecule has 1 aromatic heterocycles. The molecule has 0 spiro atoms. The number of carbonyl (C=O) groups excluding carboxylic acids is 1. The van der Waals surface area contributed by atoms with Gasteiger partial charge in [0.1, 0.15) is 0 Å². The fraction of sp³-hybridized carbons (Fsp3) is 0.133. The minimum absolute atomic E-state index is 0.803. The van der Waals surface area contributed by atoms with Crippen LogP contribution >= 0.6 is 11.3 Å². The summed E-state index contributed by atoms with van der Waals surface area (Å²) >= 11 is 1.76. The zero-order chi connectivity index (χ0) is 12.0. The average molecular weight is 240 g/mol. The Balaban J connectivity index is 2.58. The molecule has 0 saturated carbocycles. The monoisotopic (exact) mass is 240 g/mol. The molecule has 0 fully saturated rings. The molecule has 3 aromatic rings. The van der Waals surface area contributed by atoms with Crippen molar-refractivity contribution in [3.8, 4) is 0 Å². The lowest BCUT2D eigenvalue weighted by molar-refractivity contribution is 0.112. The van der Waals surface area contributed by atoms with E-state index in [4.69, 9.17) is 0 Å². The molecule has 17 heavy (non-hydrogen) atoms. The van der Waals surface area contributed by atoms with Crippen molar-refractivity contribution in [2.24, 2.45) is 0 Å². The van der Waals surface area contributed by atoms with Crippen molar-refractivity contribution < 1.29 is 4.79 Å². The van der Waals surface area contributed by atoms with Gasteiger partial charge in [-0.1, -0.05) is 11.6 Å². The van der Waals surface area contributed by atoms with Gasteiger partial charge in [0.25, 0.3) is 0 Å². The van der Waals surface area contributed by atoms with Gasteiger partial charge in [0, 0.05) is 25.7 Å². The molecule has 0 atom stereocenters. The van der Waals surface area contributed by atoms with E-state index in [1.54, 1.807) is 11.3 Å². The van der Waals surface area contributed by atoms with Gasteiger partial charge in [-0.15, -0.1) is 11.3 Å². The number of rotatable bonds is 1. The number of hydrogen-bond donors (Lipinski definition) is 0. The van der Waals surface area contributed by atoms with E-state index in [9.17, 15) is 4.79 Å². The van der Waals surface area contributed by atoms with E-state index in [-0.39, 0.29) is 0 Å². The van der Waals surface area contributed by atoms with Crippen molar-refractivity contribution in [3.63, 3.8) is 0 Å². The highest BCUT2D eigenvalue weighted by atomic mass is 32.1. The zero-order valence-electron chi connectivity index (χ0n) is 9.78. The molecule has 2 heteroatoms. The molecule has 0 aliphatic heterocycles. The summed E-state index contributed by atoms with van der Waals surface area (Å²) in [4.78, 5) is 11.2. The summed E-state index contributed by atoms with van der Waals surface area (Å²) in [5.74, 6) is 0. The molecule has 0 N–H and O–H groups in total. The molecule has 84 valence electrons. The molecule has 3 rings (SSSR count). The summed E-state index contributed by atoms with van der Waals surface area (Å²) < 4.78 is 2.45. The van der Waals surface area contributed by atoms with Gasteiger partial charge < -0.3 is 0 Å². The van der Waals surface area contributed by atoms with Crippen LogP contribution in [-0.2, 0) is 0 Å². The van der Waals surface area contributed by atoms with Gasteiger partial charge in [0.15, 0.2) is 6.29 Å². The number of fused-ring (bicyclic) bond motifs is 3. The molecular weight excluding hydrogens is 228 g/mol. The Morgan fingerprint density at radius 1 is 1.00 bits per heavy atom. The van der Waals surface area contributed by atoms with Crippen LogP contribution in [0, 0.1) is 13.8 Å². The topological polar surface area (TPSA) is 17.1 Å². The minimum Gasteiger partial charge on any atom is -0.298 e. The lowest BCUT2D eigenvalue weighted by Crippen LogP contribution is -1.83. The lowest BCUT2D eigenvalue weighted by Gasteiger charge is -1.99. The number of aryl methyl sites for hydroxylation is 2. The third-order valence-corrected chi connectivity index (χ3v) is 4.15. The lowest BCUT2D eigenvalue weighted by atomic mass is 10.0. The maximum absolute atomic E-state index is 11.2. The largest absolute Gasteiger partial charge is 0.298 e. The Morgan fingerprint density at radius 2 is 1.82 bits per heavy atom. The molecule has 2 aromatic carbocycles. The molecule has 0 amide bonds. The van der Waals surface area contributed by atoms with Crippen molar-refractivity contribution in [2.75, 3.05) is 0 Å². The van der Waals surface area contributed by atoms with Crippen LogP contribution in [0.3, 0.4) is 0 Å². The molecule has 0 aliphatic rings. The molecule has 0 bridgehead atoms. The predicted molar refractivity (Wildman–Crippen MR) is 74.2 cm³/mol. The van der Waals surface area contributed by atoms with E-state index in [0.717, 1.165) is 22.8 Å². The highest BCUT2D eigenvalue weighted by molar-refractivity contribution is 7.25. The molecule has 0 radical (unpaired) electrons. The second kappa shape index (κ2) is 3.67. The van der Waals surface area contributed by atoms with Gasteiger partial charge in [-0.25, -0.2) is 0 Å².